The van der Waals surface area contributed by atoms with Crippen LogP contribution >= 0.6 is 0 Å². The van der Waals surface area contributed by atoms with Crippen molar-refractivity contribution in [1.82, 2.24) is 0 Å². The van der Waals surface area contributed by atoms with Crippen LogP contribution in [0.3, 0.4) is 0 Å². The third kappa shape index (κ3) is 9.30. The van der Waals surface area contributed by atoms with Gasteiger partial charge in [-0.1, -0.05) is 75.4 Å². The molecule has 52 heavy (non-hydrogen) atoms. The molecule has 0 fully saturated rings. The summed E-state index contributed by atoms with van der Waals surface area (Å²) >= 11 is 0. The van der Waals surface area contributed by atoms with E-state index in [1.165, 1.54) is 26.8 Å². The van der Waals surface area contributed by atoms with E-state index in [0.29, 0.717) is 5.56 Å². The van der Waals surface area contributed by atoms with Crippen LogP contribution < -0.4 is 4.18 Å². The number of benzene rings is 4. The molecule has 0 saturated carbocycles. The molecule has 0 bridgehead atoms. The van der Waals surface area contributed by atoms with Gasteiger partial charge in [-0.2, -0.15) is 43.2 Å². The molecule has 8 nitrogen and oxygen atoms in total. The molecule has 284 valence electrons. The van der Waals surface area contributed by atoms with Crippen molar-refractivity contribution in [3.8, 4) is 5.75 Å². The van der Waals surface area contributed by atoms with Crippen LogP contribution in [0.4, 0.5) is 26.3 Å². The topological polar surface area (TPSA) is 116 Å². The molecule has 4 aromatic carbocycles. The lowest BCUT2D eigenvalue weighted by atomic mass is 9.85. The summed E-state index contributed by atoms with van der Waals surface area (Å²) < 4.78 is 150. The number of hydrogen-bond donors (Lipinski definition) is 1. The number of alkyl halides is 6. The van der Waals surface area contributed by atoms with E-state index < -0.39 is 61.0 Å². The van der Waals surface area contributed by atoms with Crippen LogP contribution in [0.2, 0.25) is 0 Å². The summed E-state index contributed by atoms with van der Waals surface area (Å²) in [7, 11) is -11.9. The fraction of sp³-hybridized carbons (Fsp3) is 0.314. The minimum atomic E-state index is -7.16. The average Bonchev–Trinajstić information content (AvgIpc) is 3.07. The first-order valence-corrected chi connectivity index (χ1v) is 19.2. The summed E-state index contributed by atoms with van der Waals surface area (Å²) in [5.41, 5.74) is -0.555. The highest BCUT2D eigenvalue weighted by atomic mass is 32.2. The van der Waals surface area contributed by atoms with E-state index in [1.807, 2.05) is 0 Å². The number of rotatable bonds is 13. The Bertz CT molecular complexity index is 1870. The molecule has 17 heteroatoms. The highest BCUT2D eigenvalue weighted by Gasteiger charge is 2.83. The van der Waals surface area contributed by atoms with E-state index >= 15 is 0 Å². The lowest BCUT2D eigenvalue weighted by Gasteiger charge is -2.30. The molecule has 0 amide bonds. The molecule has 0 aliphatic rings. The lowest BCUT2D eigenvalue weighted by molar-refractivity contribution is -0.247. The monoisotopic (exact) mass is 795 g/mol. The van der Waals surface area contributed by atoms with Crippen LogP contribution in [-0.2, 0) is 59.2 Å². The third-order valence-corrected chi connectivity index (χ3v) is 11.6. The smallest absolute Gasteiger partial charge is 0.380 e. The first kappa shape index (κ1) is 42.8. The van der Waals surface area contributed by atoms with Crippen molar-refractivity contribution < 1.29 is 61.4 Å². The first-order valence-electron chi connectivity index (χ1n) is 15.1. The lowest BCUT2D eigenvalue weighted by Crippen LogP contribution is -2.61. The van der Waals surface area contributed by atoms with Crippen molar-refractivity contribution in [3.05, 3.63) is 120 Å². The Kier molecular flexibility index (Phi) is 13.7. The summed E-state index contributed by atoms with van der Waals surface area (Å²) in [5, 5.41) is -13.7. The maximum Gasteiger partial charge on any atom is 0.450 e. The molecule has 0 atom stereocenters. The van der Waals surface area contributed by atoms with Gasteiger partial charge in [-0.05, 0) is 59.5 Å². The van der Waals surface area contributed by atoms with Gasteiger partial charge >= 0.3 is 36.7 Å². The van der Waals surface area contributed by atoms with Crippen molar-refractivity contribution in [1.29, 1.82) is 0 Å². The minimum Gasteiger partial charge on any atom is -0.380 e. The second-order valence-electron chi connectivity index (χ2n) is 12.1. The van der Waals surface area contributed by atoms with Crippen molar-refractivity contribution in [3.63, 3.8) is 0 Å². The molecular weight excluding hydrogens is 759 g/mol. The largest absolute Gasteiger partial charge is 0.450 e. The molecule has 0 saturated heterocycles. The average molecular weight is 796 g/mol. The predicted molar refractivity (Wildman–Crippen MR) is 184 cm³/mol. The predicted octanol–water partition coefficient (Wildman–Crippen LogP) is 8.48. The Morgan fingerprint density at radius 2 is 0.962 bits per heavy atom. The highest BCUT2D eigenvalue weighted by Crippen LogP contribution is 2.51. The van der Waals surface area contributed by atoms with Crippen molar-refractivity contribution in [2.24, 2.45) is 0 Å². The molecule has 0 aromatic heterocycles. The first-order chi connectivity index (χ1) is 24.0. The van der Waals surface area contributed by atoms with Gasteiger partial charge in [-0.25, -0.2) is 0 Å². The molecule has 0 aliphatic carbocycles. The molecule has 0 aliphatic heterocycles. The molecule has 4 rings (SSSR count). The number of ether oxygens (including phenoxy) is 2. The molecule has 0 radical (unpaired) electrons. The Hall–Kier alpha value is -3.61. The van der Waals surface area contributed by atoms with Crippen LogP contribution in [0, 0.1) is 0 Å². The van der Waals surface area contributed by atoms with Gasteiger partial charge in [0.25, 0.3) is 0 Å². The van der Waals surface area contributed by atoms with Crippen molar-refractivity contribution in [2.75, 3.05) is 14.2 Å². The van der Waals surface area contributed by atoms with E-state index in [-0.39, 0.29) is 22.0 Å². The maximum atomic E-state index is 14.2. The van der Waals surface area contributed by atoms with Gasteiger partial charge in [0, 0.05) is 25.3 Å². The van der Waals surface area contributed by atoms with Crippen LogP contribution in [0.1, 0.15) is 37.5 Å². The van der Waals surface area contributed by atoms with Gasteiger partial charge in [0.15, 0.2) is 20.4 Å². The van der Waals surface area contributed by atoms with Gasteiger partial charge in [0.1, 0.15) is 0 Å². The number of halogens is 6. The normalized spacial score (nSPS) is 13.0. The molecule has 0 unspecified atom stereocenters. The summed E-state index contributed by atoms with van der Waals surface area (Å²) in [6.07, 6.45) is 0. The summed E-state index contributed by atoms with van der Waals surface area (Å²) in [5.74, 6) is -8.09. The maximum absolute atomic E-state index is 14.2. The Morgan fingerprint density at radius 1 is 0.615 bits per heavy atom. The zero-order valence-electron chi connectivity index (χ0n) is 28.5. The van der Waals surface area contributed by atoms with E-state index in [4.69, 9.17) is 14.0 Å². The Balaban J connectivity index is 0.000000320. The van der Waals surface area contributed by atoms with Gasteiger partial charge in [0.05, 0.1) is 24.1 Å². The summed E-state index contributed by atoms with van der Waals surface area (Å²) in [6, 6.07) is 34.7. The number of methoxy groups -OCH3 is 2. The Morgan fingerprint density at radius 3 is 1.25 bits per heavy atom. The molecular formula is C35H37F6O8S3+. The molecule has 0 spiro atoms. The quantitative estimate of drug-likeness (QED) is 0.0621. The van der Waals surface area contributed by atoms with E-state index in [2.05, 4.69) is 95.2 Å². The van der Waals surface area contributed by atoms with Gasteiger partial charge < -0.3 is 13.7 Å². The van der Waals surface area contributed by atoms with E-state index in [9.17, 15) is 43.2 Å². The molecule has 1 N–H and O–H groups in total. The van der Waals surface area contributed by atoms with E-state index in [1.54, 1.807) is 20.8 Å². The van der Waals surface area contributed by atoms with E-state index in [0.717, 1.165) is 14.2 Å². The number of hydrogen-bond acceptors (Lipinski definition) is 7. The highest BCUT2D eigenvalue weighted by molar-refractivity contribution is 7.97. The zero-order chi connectivity index (χ0) is 39.2. The van der Waals surface area contributed by atoms with Crippen molar-refractivity contribution >= 4 is 31.1 Å². The van der Waals surface area contributed by atoms with Crippen LogP contribution in [-0.4, -0.2) is 52.0 Å². The second-order valence-corrected chi connectivity index (χ2v) is 17.2. The van der Waals surface area contributed by atoms with Crippen LogP contribution in [0.5, 0.6) is 5.75 Å². The van der Waals surface area contributed by atoms with Gasteiger partial charge in [-0.3, -0.25) is 4.55 Å². The molecule has 0 heterocycles. The minimum absolute atomic E-state index is 0.0146. The molecule has 4 aromatic rings. The standard InChI is InChI=1S/C18H15S.C17H22F6O8S2/c1-4-10-16(11-5-1)19(17-12-6-2-7-13-17)18-14-8-3-9-15-18;1-14(2,3)12-6-10(8-29-4)13(11(7-12)9-30-5)31-33(27,28)17(22,23)15(18,19)16(20,21)32(24,25)26/h1-15H;6-7H,8-9H2,1-5H3,(H,24,25,26)/q+1;. The fourth-order valence-corrected chi connectivity index (χ4v) is 8.15. The fourth-order valence-electron chi connectivity index (χ4n) is 4.55. The van der Waals surface area contributed by atoms with Gasteiger partial charge in [-0.15, -0.1) is 0 Å². The van der Waals surface area contributed by atoms with Crippen LogP contribution in [0.25, 0.3) is 0 Å². The van der Waals surface area contributed by atoms with Crippen molar-refractivity contribution in [2.45, 2.75) is 70.5 Å². The summed E-state index contributed by atoms with van der Waals surface area (Å²) in [4.78, 5) is 4.08. The zero-order valence-corrected chi connectivity index (χ0v) is 31.0. The summed E-state index contributed by atoms with van der Waals surface area (Å²) in [6.45, 7) is 4.25. The second kappa shape index (κ2) is 16.6. The Labute approximate surface area is 302 Å². The SMILES string of the molecule is COCc1cc(C(C)(C)C)cc(COC)c1OS(=O)(=O)C(F)(F)C(F)(F)C(F)(F)S(=O)(=O)O.c1ccc([S+](c2ccccc2)c2ccccc2)cc1. The van der Waals surface area contributed by atoms with Crippen LogP contribution in [0.15, 0.2) is 118 Å². The van der Waals surface area contributed by atoms with Gasteiger partial charge in [0.2, 0.25) is 0 Å². The third-order valence-electron chi connectivity index (χ3n) is 7.21.